The normalized spacial score (nSPS) is 12.8. The molecule has 0 saturated heterocycles. The highest BCUT2D eigenvalue weighted by Gasteiger charge is 2.25. The Morgan fingerprint density at radius 2 is 1.38 bits per heavy atom. The molecular weight excluding hydrogens is 388 g/mol. The Morgan fingerprint density at radius 3 is 1.76 bits per heavy atom. The molecule has 29 heavy (non-hydrogen) atoms. The quantitative estimate of drug-likeness (QED) is 0.619. The molecule has 0 spiro atoms. The van der Waals surface area contributed by atoms with E-state index >= 15 is 0 Å². The van der Waals surface area contributed by atoms with E-state index in [4.69, 9.17) is 26.6 Å². The number of aromatic hydroxyl groups is 1. The SMILES string of the molecule is Cc1cc(C(C)(C)C)c(O)c(C(C)(C)C)c1.OCC(O)COc1ccc(Cl)cc1. The average molecular weight is 423 g/mol. The fourth-order valence-electron chi connectivity index (χ4n) is 2.70. The van der Waals surface area contributed by atoms with E-state index in [9.17, 15) is 5.11 Å². The smallest absolute Gasteiger partial charge is 0.123 e. The van der Waals surface area contributed by atoms with Crippen LogP contribution in [0.15, 0.2) is 36.4 Å². The summed E-state index contributed by atoms with van der Waals surface area (Å²) in [4.78, 5) is 0. The van der Waals surface area contributed by atoms with E-state index in [0.717, 1.165) is 11.1 Å². The lowest BCUT2D eigenvalue weighted by molar-refractivity contribution is 0.0536. The van der Waals surface area contributed by atoms with E-state index in [1.54, 1.807) is 24.3 Å². The van der Waals surface area contributed by atoms with E-state index in [1.807, 2.05) is 0 Å². The summed E-state index contributed by atoms with van der Waals surface area (Å²) in [5.74, 6) is 1.09. The topological polar surface area (TPSA) is 69.9 Å². The van der Waals surface area contributed by atoms with E-state index < -0.39 is 6.10 Å². The van der Waals surface area contributed by atoms with Crippen LogP contribution in [-0.4, -0.2) is 34.6 Å². The minimum atomic E-state index is -0.837. The van der Waals surface area contributed by atoms with Gasteiger partial charge in [-0.1, -0.05) is 70.8 Å². The summed E-state index contributed by atoms with van der Waals surface area (Å²) >= 11 is 5.66. The third kappa shape index (κ3) is 8.25. The van der Waals surface area contributed by atoms with E-state index in [2.05, 4.69) is 60.6 Å². The van der Waals surface area contributed by atoms with Crippen molar-refractivity contribution >= 4 is 11.6 Å². The molecule has 162 valence electrons. The number of phenols is 1. The number of phenolic OH excluding ortho intramolecular Hbond substituents is 1. The first-order valence-electron chi connectivity index (χ1n) is 9.77. The van der Waals surface area contributed by atoms with Gasteiger partial charge in [-0.25, -0.2) is 0 Å². The van der Waals surface area contributed by atoms with Crippen molar-refractivity contribution in [3.05, 3.63) is 58.1 Å². The lowest BCUT2D eigenvalue weighted by Gasteiger charge is -2.27. The summed E-state index contributed by atoms with van der Waals surface area (Å²) in [6, 6.07) is 11.0. The maximum Gasteiger partial charge on any atom is 0.123 e. The Bertz CT molecular complexity index is 736. The van der Waals surface area contributed by atoms with E-state index in [-0.39, 0.29) is 24.0 Å². The summed E-state index contributed by atoms with van der Waals surface area (Å²) in [5.41, 5.74) is 3.26. The van der Waals surface area contributed by atoms with Crippen LogP contribution >= 0.6 is 11.6 Å². The number of hydrogen-bond acceptors (Lipinski definition) is 4. The Morgan fingerprint density at radius 1 is 0.931 bits per heavy atom. The standard InChI is InChI=1S/C15H24O.C9H11ClO3/c1-10-8-11(14(2,3)4)13(16)12(9-10)15(5,6)7;10-7-1-3-9(4-2-7)13-6-8(12)5-11/h8-9,16H,1-7H3;1-4,8,11-12H,5-6H2. The molecule has 1 unspecified atom stereocenters. The molecular formula is C24H35ClO4. The molecule has 0 aliphatic carbocycles. The van der Waals surface area contributed by atoms with Gasteiger partial charge in [0.15, 0.2) is 0 Å². The molecule has 0 saturated carbocycles. The zero-order valence-corrected chi connectivity index (χ0v) is 19.3. The molecule has 1 atom stereocenters. The Labute approximate surface area is 180 Å². The van der Waals surface area contributed by atoms with E-state index in [1.165, 1.54) is 5.56 Å². The Kier molecular flexibility index (Phi) is 9.01. The molecule has 0 fully saturated rings. The van der Waals surface area contributed by atoms with Crippen molar-refractivity contribution in [1.82, 2.24) is 0 Å². The van der Waals surface area contributed by atoms with Crippen LogP contribution in [0, 0.1) is 6.92 Å². The Balaban J connectivity index is 0.000000296. The summed E-state index contributed by atoms with van der Waals surface area (Å²) in [7, 11) is 0. The molecule has 0 radical (unpaired) electrons. The highest BCUT2D eigenvalue weighted by Crippen LogP contribution is 2.39. The van der Waals surface area contributed by atoms with Crippen LogP contribution in [0.4, 0.5) is 0 Å². The van der Waals surface area contributed by atoms with Crippen LogP contribution in [-0.2, 0) is 10.8 Å². The second-order valence-electron chi connectivity index (χ2n) is 9.31. The van der Waals surface area contributed by atoms with Crippen LogP contribution in [0.25, 0.3) is 0 Å². The fourth-order valence-corrected chi connectivity index (χ4v) is 2.82. The first kappa shape index (κ1) is 25.3. The fraction of sp³-hybridized carbons (Fsp3) is 0.500. The predicted molar refractivity (Wildman–Crippen MR) is 120 cm³/mol. The second-order valence-corrected chi connectivity index (χ2v) is 9.75. The van der Waals surface area contributed by atoms with Crippen LogP contribution in [0.1, 0.15) is 58.2 Å². The van der Waals surface area contributed by atoms with Crippen molar-refractivity contribution in [3.8, 4) is 11.5 Å². The number of ether oxygens (including phenoxy) is 1. The largest absolute Gasteiger partial charge is 0.507 e. The third-order valence-electron chi connectivity index (χ3n) is 4.34. The number of halogens is 1. The van der Waals surface area contributed by atoms with Gasteiger partial charge in [-0.15, -0.1) is 0 Å². The number of aliphatic hydroxyl groups is 2. The minimum absolute atomic E-state index is 0.0178. The number of benzene rings is 2. The first-order chi connectivity index (χ1) is 13.3. The van der Waals surface area contributed by atoms with Gasteiger partial charge < -0.3 is 20.1 Å². The van der Waals surface area contributed by atoms with Gasteiger partial charge in [0.1, 0.15) is 24.2 Å². The van der Waals surface area contributed by atoms with Crippen molar-refractivity contribution in [2.75, 3.05) is 13.2 Å². The molecule has 0 bridgehead atoms. The summed E-state index contributed by atoms with van der Waals surface area (Å²) in [6.07, 6.45) is -0.837. The maximum absolute atomic E-state index is 10.4. The van der Waals surface area contributed by atoms with Crippen LogP contribution in [0.3, 0.4) is 0 Å². The van der Waals surface area contributed by atoms with Gasteiger partial charge in [0.25, 0.3) is 0 Å². The molecule has 0 aliphatic heterocycles. The van der Waals surface area contributed by atoms with Gasteiger partial charge in [-0.05, 0) is 53.1 Å². The lowest BCUT2D eigenvalue weighted by atomic mass is 9.78. The number of rotatable bonds is 4. The molecule has 2 rings (SSSR count). The van der Waals surface area contributed by atoms with Crippen LogP contribution in [0.2, 0.25) is 5.02 Å². The molecule has 0 aromatic heterocycles. The van der Waals surface area contributed by atoms with E-state index in [0.29, 0.717) is 16.5 Å². The molecule has 0 aliphatic rings. The van der Waals surface area contributed by atoms with Gasteiger partial charge in [0.2, 0.25) is 0 Å². The van der Waals surface area contributed by atoms with Gasteiger partial charge in [-0.3, -0.25) is 0 Å². The second kappa shape index (κ2) is 10.3. The Hall–Kier alpha value is -1.75. The maximum atomic E-state index is 10.4. The molecule has 0 amide bonds. The zero-order chi connectivity index (χ0) is 22.4. The van der Waals surface area contributed by atoms with Gasteiger partial charge in [0.05, 0.1) is 6.61 Å². The number of aliphatic hydroxyl groups excluding tert-OH is 2. The summed E-state index contributed by atoms with van der Waals surface area (Å²) in [5, 5.41) is 28.5. The van der Waals surface area contributed by atoms with Gasteiger partial charge >= 0.3 is 0 Å². The predicted octanol–water partition coefficient (Wildman–Crippen LogP) is 5.37. The van der Waals surface area contributed by atoms with Crippen LogP contribution < -0.4 is 4.74 Å². The van der Waals surface area contributed by atoms with Gasteiger partial charge in [0, 0.05) is 5.02 Å². The lowest BCUT2D eigenvalue weighted by Crippen LogP contribution is -2.21. The highest BCUT2D eigenvalue weighted by molar-refractivity contribution is 6.30. The minimum Gasteiger partial charge on any atom is -0.507 e. The number of hydrogen-bond donors (Lipinski definition) is 3. The zero-order valence-electron chi connectivity index (χ0n) is 18.6. The molecule has 4 nitrogen and oxygen atoms in total. The first-order valence-corrected chi connectivity index (χ1v) is 10.2. The molecule has 3 N–H and O–H groups in total. The third-order valence-corrected chi connectivity index (χ3v) is 4.59. The molecule has 0 heterocycles. The molecule has 5 heteroatoms. The van der Waals surface area contributed by atoms with Crippen molar-refractivity contribution in [2.24, 2.45) is 0 Å². The van der Waals surface area contributed by atoms with Gasteiger partial charge in [-0.2, -0.15) is 0 Å². The van der Waals surface area contributed by atoms with Crippen molar-refractivity contribution in [1.29, 1.82) is 0 Å². The highest BCUT2D eigenvalue weighted by atomic mass is 35.5. The van der Waals surface area contributed by atoms with Crippen molar-refractivity contribution in [3.63, 3.8) is 0 Å². The molecule has 2 aromatic rings. The van der Waals surface area contributed by atoms with Crippen molar-refractivity contribution in [2.45, 2.75) is 65.4 Å². The average Bonchev–Trinajstić information content (AvgIpc) is 2.61. The summed E-state index contributed by atoms with van der Waals surface area (Å²) < 4.78 is 5.15. The monoisotopic (exact) mass is 422 g/mol. The summed E-state index contributed by atoms with van der Waals surface area (Å²) in [6.45, 7) is 14.7. The number of aryl methyl sites for hydroxylation is 1. The molecule has 2 aromatic carbocycles. The van der Waals surface area contributed by atoms with Crippen LogP contribution in [0.5, 0.6) is 11.5 Å². The van der Waals surface area contributed by atoms with Crippen molar-refractivity contribution < 1.29 is 20.1 Å².